The highest BCUT2D eigenvalue weighted by Crippen LogP contribution is 2.39. The molecule has 1 aliphatic rings. The van der Waals surface area contributed by atoms with Gasteiger partial charge in [0, 0.05) is 26.6 Å². The highest BCUT2D eigenvalue weighted by Gasteiger charge is 2.41. The number of carbonyl (C=O) groups is 2. The molecule has 1 aliphatic heterocycles. The third-order valence-corrected chi connectivity index (χ3v) is 6.99. The molecule has 0 saturated carbocycles. The lowest BCUT2D eigenvalue weighted by atomic mass is 9.83. The average Bonchev–Trinajstić information content (AvgIpc) is 2.91. The molecule has 0 aliphatic carbocycles. The summed E-state index contributed by atoms with van der Waals surface area (Å²) in [5, 5.41) is 0. The summed E-state index contributed by atoms with van der Waals surface area (Å²) < 4.78 is 10.9. The molecule has 0 radical (unpaired) electrons. The highest BCUT2D eigenvalue weighted by molar-refractivity contribution is 5.85. The highest BCUT2D eigenvalue weighted by atomic mass is 16.5. The van der Waals surface area contributed by atoms with E-state index in [0.29, 0.717) is 37.4 Å². The Hall–Kier alpha value is -3.80. The molecule has 0 N–H and O–H groups in total. The maximum absolute atomic E-state index is 13.9. The minimum atomic E-state index is -0.334. The Morgan fingerprint density at radius 3 is 2.22 bits per heavy atom. The van der Waals surface area contributed by atoms with Gasteiger partial charge in [0.25, 0.3) is 0 Å². The first kappa shape index (κ1) is 25.3. The Labute approximate surface area is 213 Å². The van der Waals surface area contributed by atoms with Crippen molar-refractivity contribution >= 4 is 11.8 Å². The first-order valence-corrected chi connectivity index (χ1v) is 12.3. The molecule has 4 rings (SSSR count). The Kier molecular flexibility index (Phi) is 7.93. The number of ether oxygens (including phenoxy) is 2. The number of hydrogen-bond acceptors (Lipinski definition) is 4. The Balaban J connectivity index is 1.63. The summed E-state index contributed by atoms with van der Waals surface area (Å²) in [6.45, 7) is 2.92. The molecule has 6 nitrogen and oxygen atoms in total. The van der Waals surface area contributed by atoms with Gasteiger partial charge in [0.1, 0.15) is 0 Å². The minimum Gasteiger partial charge on any atom is -0.493 e. The number of rotatable bonds is 8. The zero-order valence-corrected chi connectivity index (χ0v) is 21.4. The molecule has 0 aromatic heterocycles. The van der Waals surface area contributed by atoms with E-state index < -0.39 is 0 Å². The number of nitrogens with zero attached hydrogens (tertiary/aromatic N) is 2. The molecule has 3 aromatic rings. The fourth-order valence-corrected chi connectivity index (χ4v) is 5.05. The molecule has 0 spiro atoms. The normalized spacial score (nSPS) is 17.6. The first-order chi connectivity index (χ1) is 17.4. The molecule has 1 fully saturated rings. The van der Waals surface area contributed by atoms with Gasteiger partial charge in [0.15, 0.2) is 11.5 Å². The topological polar surface area (TPSA) is 59.1 Å². The second-order valence-corrected chi connectivity index (χ2v) is 9.34. The Morgan fingerprint density at radius 1 is 0.972 bits per heavy atom. The van der Waals surface area contributed by atoms with Gasteiger partial charge in [-0.3, -0.25) is 9.59 Å². The molecule has 6 heteroatoms. The smallest absolute Gasteiger partial charge is 0.228 e. The van der Waals surface area contributed by atoms with E-state index in [1.165, 1.54) is 0 Å². The molecular formula is C30H34N2O4. The first-order valence-electron chi connectivity index (χ1n) is 12.3. The predicted molar refractivity (Wildman–Crippen MR) is 140 cm³/mol. The van der Waals surface area contributed by atoms with Crippen LogP contribution < -0.4 is 9.47 Å². The van der Waals surface area contributed by atoms with Gasteiger partial charge in [-0.25, -0.2) is 0 Å². The summed E-state index contributed by atoms with van der Waals surface area (Å²) in [4.78, 5) is 30.7. The molecular weight excluding hydrogens is 452 g/mol. The van der Waals surface area contributed by atoms with E-state index in [1.807, 2.05) is 91.7 Å². The molecule has 36 heavy (non-hydrogen) atoms. The number of methoxy groups -OCH3 is 2. The average molecular weight is 487 g/mol. The number of aryl methyl sites for hydroxylation is 1. The van der Waals surface area contributed by atoms with Gasteiger partial charge in [-0.2, -0.15) is 0 Å². The molecule has 1 heterocycles. The van der Waals surface area contributed by atoms with Crippen LogP contribution in [0.3, 0.4) is 0 Å². The molecule has 188 valence electrons. The quantitative estimate of drug-likeness (QED) is 0.442. The summed E-state index contributed by atoms with van der Waals surface area (Å²) in [6, 6.07) is 23.4. The Bertz CT molecular complexity index is 1200. The van der Waals surface area contributed by atoms with Crippen molar-refractivity contribution in [3.8, 4) is 11.5 Å². The van der Waals surface area contributed by atoms with Gasteiger partial charge >= 0.3 is 0 Å². The van der Waals surface area contributed by atoms with Crippen LogP contribution in [-0.4, -0.2) is 42.9 Å². The standard InChI is InChI=1S/C30H34N2O4/c1-21-17-26(35-3)27(36-4)18-24(21)20-31(2)30(34)25-15-16-28(33)32(19-22-11-7-5-8-12-22)29(25)23-13-9-6-10-14-23/h5-14,17-18,25,29H,15-16,19-20H2,1-4H3. The minimum absolute atomic E-state index is 0.0311. The van der Waals surface area contributed by atoms with Gasteiger partial charge in [0.2, 0.25) is 11.8 Å². The van der Waals surface area contributed by atoms with Crippen molar-refractivity contribution in [2.45, 2.75) is 38.9 Å². The number of piperidine rings is 1. The van der Waals surface area contributed by atoms with Crippen LogP contribution in [0.1, 0.15) is 41.1 Å². The van der Waals surface area contributed by atoms with Crippen molar-refractivity contribution in [3.05, 3.63) is 95.1 Å². The summed E-state index contributed by atoms with van der Waals surface area (Å²) in [6.07, 6.45) is 0.883. The van der Waals surface area contributed by atoms with Crippen LogP contribution in [0.15, 0.2) is 72.8 Å². The van der Waals surface area contributed by atoms with E-state index in [9.17, 15) is 9.59 Å². The number of hydrogen-bond donors (Lipinski definition) is 0. The molecule has 0 bridgehead atoms. The lowest BCUT2D eigenvalue weighted by molar-refractivity contribution is -0.148. The van der Waals surface area contributed by atoms with E-state index in [0.717, 1.165) is 22.3 Å². The van der Waals surface area contributed by atoms with Crippen LogP contribution in [0, 0.1) is 12.8 Å². The predicted octanol–water partition coefficient (Wildman–Crippen LogP) is 5.15. The largest absolute Gasteiger partial charge is 0.493 e. The van der Waals surface area contributed by atoms with Crippen molar-refractivity contribution in [1.29, 1.82) is 0 Å². The molecule has 1 saturated heterocycles. The zero-order chi connectivity index (χ0) is 25.7. The van der Waals surface area contributed by atoms with Gasteiger partial charge in [-0.15, -0.1) is 0 Å². The van der Waals surface area contributed by atoms with E-state index in [-0.39, 0.29) is 23.8 Å². The SMILES string of the molecule is COc1cc(C)c(CN(C)C(=O)C2CCC(=O)N(Cc3ccccc3)C2c2ccccc2)cc1OC. The molecule has 2 amide bonds. The van der Waals surface area contributed by atoms with Gasteiger partial charge in [-0.1, -0.05) is 60.7 Å². The van der Waals surface area contributed by atoms with Crippen molar-refractivity contribution in [1.82, 2.24) is 9.80 Å². The van der Waals surface area contributed by atoms with Crippen LogP contribution in [0.25, 0.3) is 0 Å². The van der Waals surface area contributed by atoms with Crippen LogP contribution in [0.2, 0.25) is 0 Å². The summed E-state index contributed by atoms with van der Waals surface area (Å²) in [7, 11) is 5.05. The third-order valence-electron chi connectivity index (χ3n) is 6.99. The lowest BCUT2D eigenvalue weighted by Crippen LogP contribution is -2.48. The van der Waals surface area contributed by atoms with Crippen LogP contribution in [0.5, 0.6) is 11.5 Å². The molecule has 3 aromatic carbocycles. The number of amides is 2. The lowest BCUT2D eigenvalue weighted by Gasteiger charge is -2.42. The van der Waals surface area contributed by atoms with Gasteiger partial charge in [0.05, 0.1) is 26.2 Å². The summed E-state index contributed by atoms with van der Waals surface area (Å²) in [5.74, 6) is 1.08. The van der Waals surface area contributed by atoms with E-state index >= 15 is 0 Å². The fourth-order valence-electron chi connectivity index (χ4n) is 5.05. The summed E-state index contributed by atoms with van der Waals surface area (Å²) in [5.41, 5.74) is 4.05. The van der Waals surface area contributed by atoms with Gasteiger partial charge < -0.3 is 19.3 Å². The second-order valence-electron chi connectivity index (χ2n) is 9.34. The molecule has 2 atom stereocenters. The van der Waals surface area contributed by atoms with Crippen molar-refractivity contribution in [3.63, 3.8) is 0 Å². The zero-order valence-electron chi connectivity index (χ0n) is 21.4. The Morgan fingerprint density at radius 2 is 1.58 bits per heavy atom. The number of benzene rings is 3. The second kappa shape index (κ2) is 11.3. The maximum atomic E-state index is 13.9. The molecule has 2 unspecified atom stereocenters. The van der Waals surface area contributed by atoms with E-state index in [2.05, 4.69) is 0 Å². The number of carbonyl (C=O) groups excluding carboxylic acids is 2. The maximum Gasteiger partial charge on any atom is 0.228 e. The fraction of sp³-hybridized carbons (Fsp3) is 0.333. The van der Waals surface area contributed by atoms with Crippen molar-refractivity contribution in [2.75, 3.05) is 21.3 Å². The van der Waals surface area contributed by atoms with Crippen LogP contribution in [0.4, 0.5) is 0 Å². The summed E-state index contributed by atoms with van der Waals surface area (Å²) >= 11 is 0. The van der Waals surface area contributed by atoms with Crippen LogP contribution in [-0.2, 0) is 22.7 Å². The monoisotopic (exact) mass is 486 g/mol. The number of likely N-dealkylation sites (tertiary alicyclic amines) is 1. The van der Waals surface area contributed by atoms with E-state index in [4.69, 9.17) is 9.47 Å². The van der Waals surface area contributed by atoms with E-state index in [1.54, 1.807) is 19.1 Å². The van der Waals surface area contributed by atoms with Gasteiger partial charge in [-0.05, 0) is 47.7 Å². The third kappa shape index (κ3) is 5.38. The van der Waals surface area contributed by atoms with Crippen LogP contribution >= 0.6 is 0 Å². The van der Waals surface area contributed by atoms with Crippen molar-refractivity contribution < 1.29 is 19.1 Å². The van der Waals surface area contributed by atoms with Crippen molar-refractivity contribution in [2.24, 2.45) is 5.92 Å².